The van der Waals surface area contributed by atoms with Crippen molar-refractivity contribution in [3.8, 4) is 0 Å². The van der Waals surface area contributed by atoms with Gasteiger partial charge in [-0.3, -0.25) is 4.72 Å². The Morgan fingerprint density at radius 1 is 1.41 bits per heavy atom. The molecule has 0 aromatic heterocycles. The summed E-state index contributed by atoms with van der Waals surface area (Å²) < 4.78 is 4.15. The van der Waals surface area contributed by atoms with E-state index in [2.05, 4.69) is 33.6 Å². The van der Waals surface area contributed by atoms with E-state index in [-0.39, 0.29) is 6.10 Å². The van der Waals surface area contributed by atoms with E-state index >= 15 is 0 Å². The van der Waals surface area contributed by atoms with Crippen LogP contribution in [0.15, 0.2) is 33.6 Å². The summed E-state index contributed by atoms with van der Waals surface area (Å²) in [5, 5.41) is 8.68. The lowest BCUT2D eigenvalue weighted by Crippen LogP contribution is -1.97. The molecule has 0 heterocycles. The van der Waals surface area contributed by atoms with Gasteiger partial charge in [-0.25, -0.2) is 0 Å². The van der Waals surface area contributed by atoms with Crippen molar-refractivity contribution in [3.63, 3.8) is 0 Å². The summed E-state index contributed by atoms with van der Waals surface area (Å²) in [5.74, 6) is 0. The van der Waals surface area contributed by atoms with Crippen LogP contribution in [-0.4, -0.2) is 18.3 Å². The van der Waals surface area contributed by atoms with Crippen molar-refractivity contribution in [3.05, 3.63) is 28.7 Å². The predicted octanol–water partition coefficient (Wildman–Crippen LogP) is 4.23. The molecule has 0 fully saturated rings. The minimum Gasteiger partial charge on any atom is -0.393 e. The number of rotatable bonds is 5. The lowest BCUT2D eigenvalue weighted by atomic mass is 10.2. The van der Waals surface area contributed by atoms with Crippen LogP contribution in [0.25, 0.3) is 0 Å². The fraction of sp³-hybridized carbons (Fsp3) is 0.538. The molecule has 1 rings (SSSR count). The van der Waals surface area contributed by atoms with E-state index < -0.39 is 0 Å². The highest BCUT2D eigenvalue weighted by atomic mass is 79.9. The quantitative estimate of drug-likeness (QED) is 0.796. The second kappa shape index (κ2) is 11.1. The number of aliphatic hydroxyl groups excluding tert-OH is 1. The first-order valence-electron chi connectivity index (χ1n) is 5.88. The molecule has 4 heteroatoms. The summed E-state index contributed by atoms with van der Waals surface area (Å²) >= 11 is 5.04. The molecular weight excluding hydrogens is 298 g/mol. The van der Waals surface area contributed by atoms with Crippen molar-refractivity contribution < 1.29 is 5.11 Å². The molecule has 1 aromatic rings. The van der Waals surface area contributed by atoms with E-state index in [1.165, 1.54) is 11.3 Å². The standard InChI is InChI=1S/C7H8BrNS.C6H14O/c1-9-10-7-5-3-2-4-6(7)8;1-3-4-5-6(2)7/h2-5,9H,1H3;6-7H,3-5H2,1-2H3. The Morgan fingerprint density at radius 2 is 2.06 bits per heavy atom. The maximum atomic E-state index is 8.68. The van der Waals surface area contributed by atoms with Crippen LogP contribution in [0.1, 0.15) is 33.1 Å². The van der Waals surface area contributed by atoms with Crippen LogP contribution in [0.2, 0.25) is 0 Å². The van der Waals surface area contributed by atoms with E-state index in [0.29, 0.717) is 0 Å². The van der Waals surface area contributed by atoms with Crippen LogP contribution in [0.3, 0.4) is 0 Å². The van der Waals surface area contributed by atoms with Gasteiger partial charge in [-0.2, -0.15) is 0 Å². The van der Waals surface area contributed by atoms with Crippen LogP contribution in [0.5, 0.6) is 0 Å². The fourth-order valence-corrected chi connectivity index (χ4v) is 2.20. The third-order valence-electron chi connectivity index (χ3n) is 2.02. The molecule has 0 saturated heterocycles. The van der Waals surface area contributed by atoms with E-state index in [4.69, 9.17) is 5.11 Å². The molecule has 0 saturated carbocycles. The number of hydrogen-bond donors (Lipinski definition) is 2. The molecule has 2 N–H and O–H groups in total. The third kappa shape index (κ3) is 9.65. The van der Waals surface area contributed by atoms with Gasteiger partial charge in [0.15, 0.2) is 0 Å². The van der Waals surface area contributed by atoms with Crippen LogP contribution < -0.4 is 4.72 Å². The smallest absolute Gasteiger partial charge is 0.0512 e. The molecule has 0 aliphatic rings. The fourth-order valence-electron chi connectivity index (χ4n) is 1.14. The average molecular weight is 320 g/mol. The van der Waals surface area contributed by atoms with Crippen molar-refractivity contribution in [2.45, 2.75) is 44.1 Å². The van der Waals surface area contributed by atoms with Crippen molar-refractivity contribution in [2.24, 2.45) is 0 Å². The first kappa shape index (κ1) is 17.0. The van der Waals surface area contributed by atoms with Crippen molar-refractivity contribution in [1.29, 1.82) is 0 Å². The molecule has 1 unspecified atom stereocenters. The Bertz CT molecular complexity index is 295. The van der Waals surface area contributed by atoms with Gasteiger partial charge >= 0.3 is 0 Å². The van der Waals surface area contributed by atoms with E-state index in [1.807, 2.05) is 32.2 Å². The summed E-state index contributed by atoms with van der Waals surface area (Å²) in [6, 6.07) is 8.11. The first-order chi connectivity index (χ1) is 8.11. The zero-order valence-electron chi connectivity index (χ0n) is 10.7. The molecule has 1 atom stereocenters. The van der Waals surface area contributed by atoms with Gasteiger partial charge in [0.1, 0.15) is 0 Å². The summed E-state index contributed by atoms with van der Waals surface area (Å²) in [6.07, 6.45) is 3.19. The minimum atomic E-state index is -0.0973. The van der Waals surface area contributed by atoms with Gasteiger partial charge in [0.25, 0.3) is 0 Å². The van der Waals surface area contributed by atoms with Crippen molar-refractivity contribution in [2.75, 3.05) is 7.05 Å². The zero-order valence-corrected chi connectivity index (χ0v) is 13.1. The van der Waals surface area contributed by atoms with Gasteiger partial charge < -0.3 is 5.11 Å². The summed E-state index contributed by atoms with van der Waals surface area (Å²) in [5.41, 5.74) is 0. The molecule has 0 aliphatic carbocycles. The summed E-state index contributed by atoms with van der Waals surface area (Å²) in [6.45, 7) is 3.96. The molecular formula is C13H22BrNOS. The number of nitrogens with one attached hydrogen (secondary N) is 1. The van der Waals surface area contributed by atoms with Gasteiger partial charge in [0.2, 0.25) is 0 Å². The highest BCUT2D eigenvalue weighted by Gasteiger charge is 1.94. The normalized spacial score (nSPS) is 11.6. The molecule has 0 spiro atoms. The topological polar surface area (TPSA) is 32.3 Å². The molecule has 1 aromatic carbocycles. The van der Waals surface area contributed by atoms with Gasteiger partial charge in [-0.1, -0.05) is 31.9 Å². The van der Waals surface area contributed by atoms with E-state index in [1.54, 1.807) is 11.9 Å². The van der Waals surface area contributed by atoms with Crippen molar-refractivity contribution >= 4 is 27.9 Å². The first-order valence-corrected chi connectivity index (χ1v) is 7.48. The second-order valence-corrected chi connectivity index (χ2v) is 5.63. The highest BCUT2D eigenvalue weighted by molar-refractivity contribution is 9.10. The lowest BCUT2D eigenvalue weighted by molar-refractivity contribution is 0.181. The van der Waals surface area contributed by atoms with Gasteiger partial charge in [0.05, 0.1) is 6.10 Å². The van der Waals surface area contributed by atoms with Gasteiger partial charge in [-0.15, -0.1) is 0 Å². The Kier molecular flexibility index (Phi) is 11.1. The Morgan fingerprint density at radius 3 is 2.47 bits per heavy atom. The number of halogens is 1. The maximum absolute atomic E-state index is 8.68. The largest absolute Gasteiger partial charge is 0.393 e. The molecule has 17 heavy (non-hydrogen) atoms. The second-order valence-electron chi connectivity index (χ2n) is 3.73. The minimum absolute atomic E-state index is 0.0973. The molecule has 0 bridgehead atoms. The Labute approximate surface area is 117 Å². The number of aliphatic hydroxyl groups is 1. The lowest BCUT2D eigenvalue weighted by Gasteiger charge is -1.99. The van der Waals surface area contributed by atoms with Crippen LogP contribution in [0, 0.1) is 0 Å². The zero-order chi connectivity index (χ0) is 13.1. The average Bonchev–Trinajstić information content (AvgIpc) is 2.30. The molecule has 0 radical (unpaired) electrons. The van der Waals surface area contributed by atoms with E-state index in [0.717, 1.165) is 17.3 Å². The van der Waals surface area contributed by atoms with Crippen LogP contribution >= 0.6 is 27.9 Å². The predicted molar refractivity (Wildman–Crippen MR) is 80.3 cm³/mol. The molecule has 98 valence electrons. The third-order valence-corrected chi connectivity index (χ3v) is 3.76. The maximum Gasteiger partial charge on any atom is 0.0512 e. The SMILES string of the molecule is CCCCC(C)O.CNSc1ccccc1Br. The summed E-state index contributed by atoms with van der Waals surface area (Å²) in [4.78, 5) is 1.21. The van der Waals surface area contributed by atoms with E-state index in [9.17, 15) is 0 Å². The number of hydrogen-bond acceptors (Lipinski definition) is 3. The van der Waals surface area contributed by atoms with Crippen molar-refractivity contribution in [1.82, 2.24) is 4.72 Å². The van der Waals surface area contributed by atoms with Gasteiger partial charge in [-0.05, 0) is 60.4 Å². The van der Waals surface area contributed by atoms with Crippen LogP contribution in [-0.2, 0) is 0 Å². The Hall–Kier alpha value is -0.0300. The highest BCUT2D eigenvalue weighted by Crippen LogP contribution is 2.23. The number of benzene rings is 1. The monoisotopic (exact) mass is 319 g/mol. The van der Waals surface area contributed by atoms with Crippen LogP contribution in [0.4, 0.5) is 0 Å². The molecule has 0 aliphatic heterocycles. The summed E-state index contributed by atoms with van der Waals surface area (Å²) in [7, 11) is 1.91. The molecule has 0 amide bonds. The Balaban J connectivity index is 0.000000325. The number of unbranched alkanes of at least 4 members (excludes halogenated alkanes) is 1. The molecule has 2 nitrogen and oxygen atoms in total. The van der Waals surface area contributed by atoms with Gasteiger partial charge in [0, 0.05) is 9.37 Å².